The molecule has 0 radical (unpaired) electrons. The van der Waals surface area contributed by atoms with Crippen LogP contribution in [0.25, 0.3) is 0 Å². The molecule has 2 aliphatic heterocycles. The molecule has 4 heterocycles. The van der Waals surface area contributed by atoms with Gasteiger partial charge in [-0.2, -0.15) is 0 Å². The molecule has 8 nitrogen and oxygen atoms in total. The van der Waals surface area contributed by atoms with E-state index in [9.17, 15) is 4.79 Å². The fourth-order valence-corrected chi connectivity index (χ4v) is 3.77. The van der Waals surface area contributed by atoms with E-state index in [-0.39, 0.29) is 18.1 Å². The summed E-state index contributed by atoms with van der Waals surface area (Å²) in [5, 5.41) is 12.1. The van der Waals surface area contributed by atoms with Gasteiger partial charge in [0.25, 0.3) is 5.91 Å². The lowest BCUT2D eigenvalue weighted by Crippen LogP contribution is -2.45. The van der Waals surface area contributed by atoms with Crippen LogP contribution in [0.5, 0.6) is 0 Å². The van der Waals surface area contributed by atoms with Crippen molar-refractivity contribution >= 4 is 5.91 Å². The van der Waals surface area contributed by atoms with Crippen LogP contribution >= 0.6 is 0 Å². The first-order valence-electron chi connectivity index (χ1n) is 8.88. The smallest absolute Gasteiger partial charge is 0.276 e. The van der Waals surface area contributed by atoms with E-state index in [0.717, 1.165) is 31.6 Å². The molecule has 3 fully saturated rings. The maximum Gasteiger partial charge on any atom is 0.276 e. The molecule has 0 aromatic carbocycles. The van der Waals surface area contributed by atoms with Gasteiger partial charge in [0.1, 0.15) is 11.9 Å². The maximum absolute atomic E-state index is 12.5. The van der Waals surface area contributed by atoms with Crippen molar-refractivity contribution in [2.24, 2.45) is 5.92 Å². The van der Waals surface area contributed by atoms with Gasteiger partial charge in [0, 0.05) is 25.1 Å². The average Bonchev–Trinajstić information content (AvgIpc) is 3.03. The summed E-state index contributed by atoms with van der Waals surface area (Å²) in [5.74, 6) is 2.73. The number of carbonyl (C=O) groups is 1. The van der Waals surface area contributed by atoms with Crippen molar-refractivity contribution in [1.29, 1.82) is 0 Å². The highest BCUT2D eigenvalue weighted by atomic mass is 16.5. The van der Waals surface area contributed by atoms with E-state index < -0.39 is 0 Å². The first-order chi connectivity index (χ1) is 12.2. The molecule has 0 N–H and O–H groups in total. The van der Waals surface area contributed by atoms with E-state index in [1.165, 1.54) is 0 Å². The highest BCUT2D eigenvalue weighted by Gasteiger charge is 2.43. The van der Waals surface area contributed by atoms with Gasteiger partial charge in [-0.15, -0.1) is 10.2 Å². The molecular formula is C17H20N4O4. The number of nitrogens with zero attached hydrogens (tertiary/aromatic N) is 4. The van der Waals surface area contributed by atoms with Crippen molar-refractivity contribution < 1.29 is 18.5 Å². The predicted molar refractivity (Wildman–Crippen MR) is 83.8 cm³/mol. The van der Waals surface area contributed by atoms with Crippen LogP contribution in [0.3, 0.4) is 0 Å². The summed E-state index contributed by atoms with van der Waals surface area (Å²) >= 11 is 0. The predicted octanol–water partition coefficient (Wildman–Crippen LogP) is 2.24. The Morgan fingerprint density at radius 3 is 2.84 bits per heavy atom. The Hall–Kier alpha value is -2.22. The third-order valence-corrected chi connectivity index (χ3v) is 5.34. The number of hydrogen-bond acceptors (Lipinski definition) is 7. The molecule has 0 unspecified atom stereocenters. The Balaban J connectivity index is 1.26. The van der Waals surface area contributed by atoms with E-state index in [4.69, 9.17) is 13.7 Å². The molecule has 2 saturated heterocycles. The number of amides is 1. The Bertz CT molecular complexity index is 796. The number of hydrogen-bond donors (Lipinski definition) is 0. The maximum atomic E-state index is 12.5. The van der Waals surface area contributed by atoms with Crippen molar-refractivity contribution in [3.8, 4) is 0 Å². The lowest BCUT2D eigenvalue weighted by atomic mass is 9.91. The van der Waals surface area contributed by atoms with E-state index in [0.29, 0.717) is 42.3 Å². The van der Waals surface area contributed by atoms with E-state index in [2.05, 4.69) is 15.4 Å². The molecule has 1 aliphatic carbocycles. The molecule has 3 atom stereocenters. The van der Waals surface area contributed by atoms with Crippen molar-refractivity contribution in [3.63, 3.8) is 0 Å². The fourth-order valence-electron chi connectivity index (χ4n) is 3.77. The van der Waals surface area contributed by atoms with Crippen LogP contribution in [0.4, 0.5) is 0 Å². The Labute approximate surface area is 144 Å². The molecular weight excluding hydrogens is 324 g/mol. The summed E-state index contributed by atoms with van der Waals surface area (Å²) < 4.78 is 17.0. The molecule has 132 valence electrons. The largest absolute Gasteiger partial charge is 0.422 e. The number of piperidine rings is 1. The highest BCUT2D eigenvalue weighted by Crippen LogP contribution is 2.43. The summed E-state index contributed by atoms with van der Waals surface area (Å²) in [6.07, 6.45) is 3.91. The average molecular weight is 344 g/mol. The molecule has 25 heavy (non-hydrogen) atoms. The number of fused-ring (bicyclic) bond motifs is 1. The number of aryl methyl sites for hydroxylation is 1. The molecule has 2 aromatic heterocycles. The van der Waals surface area contributed by atoms with Gasteiger partial charge >= 0.3 is 0 Å². The van der Waals surface area contributed by atoms with Gasteiger partial charge in [0.2, 0.25) is 11.8 Å². The van der Waals surface area contributed by atoms with Crippen molar-refractivity contribution in [3.05, 3.63) is 29.3 Å². The van der Waals surface area contributed by atoms with Gasteiger partial charge in [-0.3, -0.25) is 4.79 Å². The minimum absolute atomic E-state index is 0.00646. The fraction of sp³-hybridized carbons (Fsp3) is 0.647. The van der Waals surface area contributed by atoms with Crippen molar-refractivity contribution in [1.82, 2.24) is 20.3 Å². The van der Waals surface area contributed by atoms with Gasteiger partial charge in [-0.1, -0.05) is 5.16 Å². The first kappa shape index (κ1) is 15.1. The molecule has 5 rings (SSSR count). The number of aromatic nitrogens is 3. The zero-order chi connectivity index (χ0) is 17.0. The number of ether oxygens (including phenoxy) is 1. The lowest BCUT2D eigenvalue weighted by molar-refractivity contribution is -0.0127. The number of rotatable bonds is 3. The van der Waals surface area contributed by atoms with E-state index >= 15 is 0 Å². The Morgan fingerprint density at radius 1 is 1.24 bits per heavy atom. The molecule has 1 amide bonds. The summed E-state index contributed by atoms with van der Waals surface area (Å²) in [6.45, 7) is 3.05. The van der Waals surface area contributed by atoms with Gasteiger partial charge in [0.05, 0.1) is 6.10 Å². The third kappa shape index (κ3) is 2.74. The minimum Gasteiger partial charge on any atom is -0.422 e. The Morgan fingerprint density at radius 2 is 2.08 bits per heavy atom. The SMILES string of the molecule is Cc1cc(C(=O)N2CC[C@@H]3C[C@H](c4nnc(C5CC5)o4)O[C@H]3C2)no1. The van der Waals surface area contributed by atoms with Crippen LogP contribution < -0.4 is 0 Å². The molecule has 1 saturated carbocycles. The first-order valence-corrected chi connectivity index (χ1v) is 8.88. The summed E-state index contributed by atoms with van der Waals surface area (Å²) in [4.78, 5) is 14.3. The highest BCUT2D eigenvalue weighted by molar-refractivity contribution is 5.92. The van der Waals surface area contributed by atoms with Gasteiger partial charge in [-0.25, -0.2) is 0 Å². The Kier molecular flexibility index (Phi) is 3.41. The number of likely N-dealkylation sites (tertiary alicyclic amines) is 1. The second-order valence-corrected chi connectivity index (χ2v) is 7.27. The standard InChI is InChI=1S/C17H20N4O4/c1-9-6-12(20-25-9)17(22)21-5-4-11-7-13(23-14(11)8-21)16-19-18-15(24-16)10-2-3-10/h6,10-11,13-14H,2-5,7-8H2,1H3/t11-,13-,14+/m1/s1. The van der Waals surface area contributed by atoms with Gasteiger partial charge in [0.15, 0.2) is 5.69 Å². The zero-order valence-corrected chi connectivity index (χ0v) is 14.1. The third-order valence-electron chi connectivity index (χ3n) is 5.34. The monoisotopic (exact) mass is 344 g/mol. The topological polar surface area (TPSA) is 94.5 Å². The molecule has 0 spiro atoms. The van der Waals surface area contributed by atoms with Crippen LogP contribution in [0, 0.1) is 12.8 Å². The van der Waals surface area contributed by atoms with Gasteiger partial charge in [-0.05, 0) is 38.5 Å². The molecule has 8 heteroatoms. The van der Waals surface area contributed by atoms with Crippen LogP contribution in [0.15, 0.2) is 15.0 Å². The second-order valence-electron chi connectivity index (χ2n) is 7.27. The van der Waals surface area contributed by atoms with Gasteiger partial charge < -0.3 is 18.6 Å². The summed E-state index contributed by atoms with van der Waals surface area (Å²) in [7, 11) is 0. The van der Waals surface area contributed by atoms with Crippen LogP contribution in [-0.4, -0.2) is 45.4 Å². The molecule has 2 aromatic rings. The second kappa shape index (κ2) is 5.66. The summed E-state index contributed by atoms with van der Waals surface area (Å²) in [6, 6.07) is 1.67. The minimum atomic E-state index is -0.153. The number of carbonyl (C=O) groups excluding carboxylic acids is 1. The van der Waals surface area contributed by atoms with E-state index in [1.54, 1.807) is 17.9 Å². The van der Waals surface area contributed by atoms with E-state index in [1.807, 2.05) is 0 Å². The van der Waals surface area contributed by atoms with Crippen LogP contribution in [0.2, 0.25) is 0 Å². The van der Waals surface area contributed by atoms with Crippen LogP contribution in [-0.2, 0) is 4.74 Å². The molecule has 0 bridgehead atoms. The molecule has 3 aliphatic rings. The normalized spacial score (nSPS) is 29.0. The summed E-state index contributed by atoms with van der Waals surface area (Å²) in [5.41, 5.74) is 0.358. The van der Waals surface area contributed by atoms with Crippen molar-refractivity contribution in [2.45, 2.75) is 50.7 Å². The van der Waals surface area contributed by atoms with Crippen LogP contribution in [0.1, 0.15) is 65.7 Å². The quantitative estimate of drug-likeness (QED) is 0.842. The van der Waals surface area contributed by atoms with Crippen molar-refractivity contribution in [2.75, 3.05) is 13.1 Å². The lowest BCUT2D eigenvalue weighted by Gasteiger charge is -2.33. The zero-order valence-electron chi connectivity index (χ0n) is 14.1.